The Morgan fingerprint density at radius 1 is 1.35 bits per heavy atom. The predicted molar refractivity (Wildman–Crippen MR) is 84.3 cm³/mol. The van der Waals surface area contributed by atoms with Crippen LogP contribution in [-0.2, 0) is 11.3 Å². The highest BCUT2D eigenvalue weighted by Crippen LogP contribution is 2.25. The lowest BCUT2D eigenvalue weighted by molar-refractivity contribution is 0.111. The van der Waals surface area contributed by atoms with Crippen molar-refractivity contribution in [1.29, 1.82) is 0 Å². The fourth-order valence-electron chi connectivity index (χ4n) is 2.66. The average Bonchev–Trinajstić information content (AvgIpc) is 3.36. The van der Waals surface area contributed by atoms with Crippen molar-refractivity contribution in [2.45, 2.75) is 12.6 Å². The van der Waals surface area contributed by atoms with Crippen LogP contribution in [0.3, 0.4) is 0 Å². The van der Waals surface area contributed by atoms with Crippen LogP contribution in [0.4, 0.5) is 14.9 Å². The lowest BCUT2D eigenvalue weighted by Gasteiger charge is -2.14. The van der Waals surface area contributed by atoms with Gasteiger partial charge < -0.3 is 4.74 Å². The fourth-order valence-corrected chi connectivity index (χ4v) is 2.66. The molecule has 0 unspecified atom stereocenters. The molecule has 1 atom stereocenters. The molecule has 3 aromatic rings. The van der Waals surface area contributed by atoms with Gasteiger partial charge in [-0.2, -0.15) is 0 Å². The van der Waals surface area contributed by atoms with Crippen LogP contribution in [-0.4, -0.2) is 55.0 Å². The summed E-state index contributed by atoms with van der Waals surface area (Å²) in [6, 6.07) is 4.22. The standard InChI is InChI=1S/C15H12FN7O3/c16-13-5-11(1-2-14(13)23-6-10(9-24)18-20-23)22-8-12(26-15(22)25)7-21-4-3-17-19-21/h1-6,9,12H,7-8H2/t12-/m0/s1. The summed E-state index contributed by atoms with van der Waals surface area (Å²) < 4.78 is 22.4. The molecule has 0 spiro atoms. The minimum absolute atomic E-state index is 0.0903. The molecule has 0 N–H and O–H groups in total. The van der Waals surface area contributed by atoms with Crippen molar-refractivity contribution in [3.63, 3.8) is 0 Å². The molecule has 0 radical (unpaired) electrons. The summed E-state index contributed by atoms with van der Waals surface area (Å²) in [6.45, 7) is 0.617. The van der Waals surface area contributed by atoms with E-state index < -0.39 is 18.0 Å². The van der Waals surface area contributed by atoms with Gasteiger partial charge in [-0.15, -0.1) is 10.2 Å². The normalized spacial score (nSPS) is 16.7. The Bertz CT molecular complexity index is 956. The number of benzene rings is 1. The Kier molecular flexibility index (Phi) is 3.88. The summed E-state index contributed by atoms with van der Waals surface area (Å²) >= 11 is 0. The molecule has 1 fully saturated rings. The lowest BCUT2D eigenvalue weighted by Crippen LogP contribution is -2.26. The molecule has 2 aromatic heterocycles. The van der Waals surface area contributed by atoms with Crippen LogP contribution in [0.1, 0.15) is 10.5 Å². The number of nitrogens with zero attached hydrogens (tertiary/aromatic N) is 7. The van der Waals surface area contributed by atoms with Gasteiger partial charge in [-0.3, -0.25) is 9.69 Å². The van der Waals surface area contributed by atoms with Gasteiger partial charge in [0.2, 0.25) is 0 Å². The highest BCUT2D eigenvalue weighted by molar-refractivity contribution is 5.89. The number of carbonyl (C=O) groups excluding carboxylic acids is 2. The molecule has 1 aliphatic rings. The van der Waals surface area contributed by atoms with E-state index in [4.69, 9.17) is 4.74 Å². The van der Waals surface area contributed by atoms with Gasteiger partial charge in [-0.05, 0) is 18.2 Å². The molecule has 10 nitrogen and oxygen atoms in total. The Labute approximate surface area is 145 Å². The number of anilines is 1. The first kappa shape index (κ1) is 15.9. The fraction of sp³-hybridized carbons (Fsp3) is 0.200. The smallest absolute Gasteiger partial charge is 0.414 e. The van der Waals surface area contributed by atoms with E-state index in [0.717, 1.165) is 4.68 Å². The van der Waals surface area contributed by atoms with Gasteiger partial charge in [0.1, 0.15) is 17.5 Å². The molecule has 3 heterocycles. The SMILES string of the molecule is O=Cc1cn(-c2ccc(N3C[C@H](Cn4ccnn4)OC3=O)cc2F)nn1. The first-order chi connectivity index (χ1) is 12.6. The van der Waals surface area contributed by atoms with Crippen LogP contribution in [0.2, 0.25) is 0 Å². The number of ether oxygens (including phenoxy) is 1. The van der Waals surface area contributed by atoms with E-state index in [2.05, 4.69) is 20.6 Å². The third kappa shape index (κ3) is 2.90. The summed E-state index contributed by atoms with van der Waals surface area (Å²) in [5, 5.41) is 14.8. The summed E-state index contributed by atoms with van der Waals surface area (Å²) in [6.07, 6.45) is 4.04. The van der Waals surface area contributed by atoms with Crippen molar-refractivity contribution in [2.75, 3.05) is 11.4 Å². The van der Waals surface area contributed by atoms with Crippen LogP contribution < -0.4 is 4.90 Å². The second kappa shape index (κ2) is 6.35. The summed E-state index contributed by atoms with van der Waals surface area (Å²) in [4.78, 5) is 24.1. The maximum Gasteiger partial charge on any atom is 0.414 e. The Morgan fingerprint density at radius 3 is 2.92 bits per heavy atom. The van der Waals surface area contributed by atoms with Gasteiger partial charge in [-0.1, -0.05) is 10.4 Å². The minimum Gasteiger partial charge on any atom is -0.442 e. The molecule has 1 saturated heterocycles. The van der Waals surface area contributed by atoms with Crippen LogP contribution in [0.5, 0.6) is 0 Å². The Hall–Kier alpha value is -3.63. The number of halogens is 1. The van der Waals surface area contributed by atoms with Crippen molar-refractivity contribution in [1.82, 2.24) is 30.0 Å². The first-order valence-corrected chi connectivity index (χ1v) is 7.64. The predicted octanol–water partition coefficient (Wildman–Crippen LogP) is 0.836. The van der Waals surface area contributed by atoms with E-state index in [9.17, 15) is 14.0 Å². The molecule has 1 aliphatic heterocycles. The lowest BCUT2D eigenvalue weighted by atomic mass is 10.2. The van der Waals surface area contributed by atoms with Crippen LogP contribution in [0.15, 0.2) is 36.8 Å². The van der Waals surface area contributed by atoms with E-state index in [1.165, 1.54) is 29.4 Å². The summed E-state index contributed by atoms with van der Waals surface area (Å²) in [5.41, 5.74) is 0.557. The average molecular weight is 357 g/mol. The van der Waals surface area contributed by atoms with E-state index >= 15 is 0 Å². The van der Waals surface area contributed by atoms with Crippen LogP contribution >= 0.6 is 0 Å². The van der Waals surface area contributed by atoms with Crippen molar-refractivity contribution in [3.05, 3.63) is 48.3 Å². The monoisotopic (exact) mass is 357 g/mol. The van der Waals surface area contributed by atoms with Gasteiger partial charge in [-0.25, -0.2) is 18.5 Å². The molecule has 0 bridgehead atoms. The Morgan fingerprint density at radius 2 is 2.23 bits per heavy atom. The molecule has 132 valence electrons. The zero-order valence-electron chi connectivity index (χ0n) is 13.3. The number of hydrogen-bond donors (Lipinski definition) is 0. The highest BCUT2D eigenvalue weighted by Gasteiger charge is 2.33. The molecule has 26 heavy (non-hydrogen) atoms. The van der Waals surface area contributed by atoms with Crippen molar-refractivity contribution < 1.29 is 18.7 Å². The van der Waals surface area contributed by atoms with E-state index in [0.29, 0.717) is 18.5 Å². The van der Waals surface area contributed by atoms with Gasteiger partial charge in [0.25, 0.3) is 0 Å². The molecule has 11 heteroatoms. The number of amides is 1. The number of carbonyl (C=O) groups is 2. The van der Waals surface area contributed by atoms with Crippen molar-refractivity contribution in [2.24, 2.45) is 0 Å². The molecule has 0 aliphatic carbocycles. The molecule has 0 saturated carbocycles. The number of hydrogen-bond acceptors (Lipinski definition) is 7. The topological polar surface area (TPSA) is 108 Å². The number of cyclic esters (lactones) is 1. The summed E-state index contributed by atoms with van der Waals surface area (Å²) in [5.74, 6) is -0.614. The maximum atomic E-state index is 14.5. The maximum absolute atomic E-state index is 14.5. The van der Waals surface area contributed by atoms with Gasteiger partial charge in [0.15, 0.2) is 12.1 Å². The highest BCUT2D eigenvalue weighted by atomic mass is 19.1. The van der Waals surface area contributed by atoms with Gasteiger partial charge >= 0.3 is 6.09 Å². The van der Waals surface area contributed by atoms with Crippen molar-refractivity contribution in [3.8, 4) is 5.69 Å². The van der Waals surface area contributed by atoms with Gasteiger partial charge in [0, 0.05) is 6.20 Å². The number of aldehydes is 1. The quantitative estimate of drug-likeness (QED) is 0.623. The second-order valence-electron chi connectivity index (χ2n) is 5.58. The summed E-state index contributed by atoms with van der Waals surface area (Å²) in [7, 11) is 0. The van der Waals surface area contributed by atoms with Crippen molar-refractivity contribution >= 4 is 18.1 Å². The molecule has 4 rings (SSSR count). The largest absolute Gasteiger partial charge is 0.442 e. The molecular weight excluding hydrogens is 345 g/mol. The zero-order valence-corrected chi connectivity index (χ0v) is 13.3. The third-order valence-corrected chi connectivity index (χ3v) is 3.86. The second-order valence-corrected chi connectivity index (χ2v) is 5.58. The number of rotatable bonds is 5. The molecule has 1 aromatic carbocycles. The van der Waals surface area contributed by atoms with E-state index in [1.54, 1.807) is 16.9 Å². The first-order valence-electron chi connectivity index (χ1n) is 7.64. The van der Waals surface area contributed by atoms with E-state index in [-0.39, 0.29) is 17.9 Å². The molecular formula is C15H12FN7O3. The third-order valence-electron chi connectivity index (χ3n) is 3.86. The van der Waals surface area contributed by atoms with E-state index in [1.807, 2.05) is 0 Å². The van der Waals surface area contributed by atoms with Crippen LogP contribution in [0, 0.1) is 5.82 Å². The van der Waals surface area contributed by atoms with Gasteiger partial charge in [0.05, 0.1) is 31.2 Å². The zero-order chi connectivity index (χ0) is 18.1. The van der Waals surface area contributed by atoms with Crippen LogP contribution in [0.25, 0.3) is 5.69 Å². The minimum atomic E-state index is -0.614. The Balaban J connectivity index is 1.53. The number of aromatic nitrogens is 6. The molecule has 1 amide bonds.